The maximum absolute atomic E-state index is 5.91. The Hall–Kier alpha value is -1.13. The molecule has 0 aliphatic rings. The van der Waals surface area contributed by atoms with Crippen LogP contribution in [0.4, 0.5) is 0 Å². The molecule has 2 N–H and O–H groups in total. The van der Waals surface area contributed by atoms with Gasteiger partial charge >= 0.3 is 0 Å². The number of nitrogens with two attached hydrogens (primary N) is 1. The van der Waals surface area contributed by atoms with Gasteiger partial charge in [0.25, 0.3) is 0 Å². The average molecular weight is 251 g/mol. The maximum atomic E-state index is 5.91. The molecule has 0 saturated heterocycles. The van der Waals surface area contributed by atoms with E-state index in [1.807, 2.05) is 18.3 Å². The lowest BCUT2D eigenvalue weighted by atomic mass is 10.0. The highest BCUT2D eigenvalue weighted by molar-refractivity contribution is 5.21. The Morgan fingerprint density at radius 2 is 2.17 bits per heavy atom. The molecular weight excluding hydrogens is 226 g/mol. The van der Waals surface area contributed by atoms with Crippen molar-refractivity contribution in [2.24, 2.45) is 5.73 Å². The standard InChI is InChI=1S/C14H25N3O/c1-5-6-11(2)17(3)13(9-15)12-7-8-14(18-4)16-10-12/h7-8,10-11,13H,5-6,9,15H2,1-4H3. The van der Waals surface area contributed by atoms with Crippen LogP contribution < -0.4 is 10.5 Å². The molecule has 2 unspecified atom stereocenters. The van der Waals surface area contributed by atoms with Gasteiger partial charge in [0.05, 0.1) is 7.11 Å². The van der Waals surface area contributed by atoms with Crippen LogP contribution in [0.2, 0.25) is 0 Å². The van der Waals surface area contributed by atoms with Crippen molar-refractivity contribution in [1.29, 1.82) is 0 Å². The lowest BCUT2D eigenvalue weighted by Crippen LogP contribution is -2.37. The van der Waals surface area contributed by atoms with Crippen LogP contribution in [-0.2, 0) is 0 Å². The number of pyridine rings is 1. The van der Waals surface area contributed by atoms with Crippen molar-refractivity contribution in [3.63, 3.8) is 0 Å². The molecule has 2 atom stereocenters. The Morgan fingerprint density at radius 3 is 2.61 bits per heavy atom. The first-order chi connectivity index (χ1) is 8.63. The van der Waals surface area contributed by atoms with Crippen LogP contribution in [0.1, 0.15) is 38.3 Å². The molecular formula is C14H25N3O. The Balaban J connectivity index is 2.80. The van der Waals surface area contributed by atoms with Crippen LogP contribution in [0.3, 0.4) is 0 Å². The first kappa shape index (κ1) is 14.9. The van der Waals surface area contributed by atoms with E-state index in [1.54, 1.807) is 7.11 Å². The van der Waals surface area contributed by atoms with Crippen molar-refractivity contribution < 1.29 is 4.74 Å². The van der Waals surface area contributed by atoms with Gasteiger partial charge in [0.2, 0.25) is 5.88 Å². The number of ether oxygens (including phenoxy) is 1. The molecule has 0 radical (unpaired) electrons. The van der Waals surface area contributed by atoms with E-state index in [0.29, 0.717) is 18.5 Å². The van der Waals surface area contributed by atoms with Crippen molar-refractivity contribution in [1.82, 2.24) is 9.88 Å². The van der Waals surface area contributed by atoms with Gasteiger partial charge in [-0.25, -0.2) is 4.98 Å². The summed E-state index contributed by atoms with van der Waals surface area (Å²) >= 11 is 0. The minimum absolute atomic E-state index is 0.213. The molecule has 0 bridgehead atoms. The van der Waals surface area contributed by atoms with Gasteiger partial charge in [-0.2, -0.15) is 0 Å². The second kappa shape index (κ2) is 7.34. The van der Waals surface area contributed by atoms with Crippen LogP contribution in [0, 0.1) is 0 Å². The number of likely N-dealkylation sites (N-methyl/N-ethyl adjacent to an activating group) is 1. The number of hydrogen-bond acceptors (Lipinski definition) is 4. The Kier molecular flexibility index (Phi) is 6.09. The molecule has 0 amide bonds. The summed E-state index contributed by atoms with van der Waals surface area (Å²) in [6.45, 7) is 5.04. The van der Waals surface area contributed by atoms with Gasteiger partial charge in [-0.05, 0) is 26.0 Å². The maximum Gasteiger partial charge on any atom is 0.212 e. The van der Waals surface area contributed by atoms with E-state index in [9.17, 15) is 0 Å². The third-order valence-electron chi connectivity index (χ3n) is 3.47. The van der Waals surface area contributed by atoms with Crippen LogP contribution in [0.15, 0.2) is 18.3 Å². The zero-order valence-corrected chi connectivity index (χ0v) is 11.9. The third kappa shape index (κ3) is 3.68. The van der Waals surface area contributed by atoms with E-state index in [-0.39, 0.29) is 6.04 Å². The summed E-state index contributed by atoms with van der Waals surface area (Å²) in [6.07, 6.45) is 4.21. The quantitative estimate of drug-likeness (QED) is 0.807. The number of nitrogens with zero attached hydrogens (tertiary/aromatic N) is 2. The summed E-state index contributed by atoms with van der Waals surface area (Å²) in [7, 11) is 3.75. The summed E-state index contributed by atoms with van der Waals surface area (Å²) in [5.74, 6) is 0.638. The highest BCUT2D eigenvalue weighted by Gasteiger charge is 2.20. The molecule has 4 heteroatoms. The fraction of sp³-hybridized carbons (Fsp3) is 0.643. The van der Waals surface area contributed by atoms with Gasteiger partial charge in [0.1, 0.15) is 0 Å². The van der Waals surface area contributed by atoms with E-state index in [4.69, 9.17) is 10.5 Å². The van der Waals surface area contributed by atoms with E-state index in [1.165, 1.54) is 12.8 Å². The van der Waals surface area contributed by atoms with Gasteiger partial charge in [0.15, 0.2) is 0 Å². The fourth-order valence-corrected chi connectivity index (χ4v) is 2.18. The van der Waals surface area contributed by atoms with E-state index >= 15 is 0 Å². The molecule has 102 valence electrons. The monoisotopic (exact) mass is 251 g/mol. The lowest BCUT2D eigenvalue weighted by molar-refractivity contribution is 0.179. The predicted octanol–water partition coefficient (Wildman–Crippen LogP) is 2.21. The number of hydrogen-bond donors (Lipinski definition) is 1. The zero-order valence-electron chi connectivity index (χ0n) is 11.9. The van der Waals surface area contributed by atoms with Gasteiger partial charge < -0.3 is 10.5 Å². The summed E-state index contributed by atoms with van der Waals surface area (Å²) in [5, 5.41) is 0. The Bertz CT molecular complexity index is 339. The van der Waals surface area contributed by atoms with Crippen molar-refractivity contribution in [2.75, 3.05) is 20.7 Å². The van der Waals surface area contributed by atoms with Gasteiger partial charge in [-0.1, -0.05) is 19.4 Å². The molecule has 0 aromatic carbocycles. The molecule has 1 aromatic heterocycles. The zero-order chi connectivity index (χ0) is 13.5. The third-order valence-corrected chi connectivity index (χ3v) is 3.47. The molecule has 0 spiro atoms. The molecule has 1 aromatic rings. The molecule has 0 aliphatic heterocycles. The van der Waals surface area contributed by atoms with Crippen LogP contribution >= 0.6 is 0 Å². The summed E-state index contributed by atoms with van der Waals surface area (Å²) in [5.41, 5.74) is 7.05. The van der Waals surface area contributed by atoms with Gasteiger partial charge in [-0.3, -0.25) is 4.90 Å². The predicted molar refractivity (Wildman–Crippen MR) is 74.7 cm³/mol. The molecule has 1 rings (SSSR count). The number of rotatable bonds is 7. The SMILES string of the molecule is CCCC(C)N(C)C(CN)c1ccc(OC)nc1. The van der Waals surface area contributed by atoms with Gasteiger partial charge in [0, 0.05) is 30.9 Å². The van der Waals surface area contributed by atoms with Gasteiger partial charge in [-0.15, -0.1) is 0 Å². The first-order valence-electron chi connectivity index (χ1n) is 6.56. The molecule has 18 heavy (non-hydrogen) atoms. The largest absolute Gasteiger partial charge is 0.481 e. The highest BCUT2D eigenvalue weighted by atomic mass is 16.5. The van der Waals surface area contributed by atoms with E-state index in [2.05, 4.69) is 30.8 Å². The molecule has 4 nitrogen and oxygen atoms in total. The fourth-order valence-electron chi connectivity index (χ4n) is 2.18. The number of methoxy groups -OCH3 is 1. The smallest absolute Gasteiger partial charge is 0.212 e. The minimum Gasteiger partial charge on any atom is -0.481 e. The second-order valence-corrected chi connectivity index (χ2v) is 4.69. The lowest BCUT2D eigenvalue weighted by Gasteiger charge is -2.32. The van der Waals surface area contributed by atoms with Crippen molar-refractivity contribution in [3.05, 3.63) is 23.9 Å². The summed E-state index contributed by atoms with van der Waals surface area (Å²) < 4.78 is 5.07. The summed E-state index contributed by atoms with van der Waals surface area (Å²) in [6, 6.07) is 4.66. The van der Waals surface area contributed by atoms with Crippen molar-refractivity contribution >= 4 is 0 Å². The minimum atomic E-state index is 0.213. The van der Waals surface area contributed by atoms with Crippen molar-refractivity contribution in [2.45, 2.75) is 38.8 Å². The number of aromatic nitrogens is 1. The summed E-state index contributed by atoms with van der Waals surface area (Å²) in [4.78, 5) is 6.58. The first-order valence-corrected chi connectivity index (χ1v) is 6.56. The van der Waals surface area contributed by atoms with Crippen LogP contribution in [-0.4, -0.2) is 36.6 Å². The van der Waals surface area contributed by atoms with Crippen molar-refractivity contribution in [3.8, 4) is 5.88 Å². The highest BCUT2D eigenvalue weighted by Crippen LogP contribution is 2.22. The molecule has 1 heterocycles. The average Bonchev–Trinajstić information content (AvgIpc) is 2.40. The van der Waals surface area contributed by atoms with E-state index in [0.717, 1.165) is 5.56 Å². The normalized spacial score (nSPS) is 14.6. The Labute approximate surface area is 110 Å². The second-order valence-electron chi connectivity index (χ2n) is 4.69. The Morgan fingerprint density at radius 1 is 1.44 bits per heavy atom. The molecule has 0 saturated carbocycles. The van der Waals surface area contributed by atoms with E-state index < -0.39 is 0 Å². The topological polar surface area (TPSA) is 51.4 Å². The molecule has 0 aliphatic carbocycles. The molecule has 0 fully saturated rings. The van der Waals surface area contributed by atoms with Crippen LogP contribution in [0.25, 0.3) is 0 Å². The van der Waals surface area contributed by atoms with Crippen LogP contribution in [0.5, 0.6) is 5.88 Å².